The lowest BCUT2D eigenvalue weighted by Crippen LogP contribution is -2.29. The highest BCUT2D eigenvalue weighted by Gasteiger charge is 2.13. The number of rotatable bonds is 1. The molecule has 1 aliphatic heterocycles. The maximum atomic E-state index is 4.43. The van der Waals surface area contributed by atoms with E-state index in [-0.39, 0.29) is 0 Å². The molecule has 0 atom stereocenters. The Kier molecular flexibility index (Phi) is 2.72. The predicted octanol–water partition coefficient (Wildman–Crippen LogP) is 0.562. The van der Waals surface area contributed by atoms with E-state index in [1.807, 2.05) is 17.9 Å². The standard InChI is InChI=1S/C10H18N4/c1-12-5-3-6-14(9-8-12)10-4-7-13(2)11-10/h4,7H,3,5-6,8-9H2,1-2H3. The molecule has 0 aromatic carbocycles. The molecule has 2 rings (SSSR count). The molecular formula is C10H18N4. The largest absolute Gasteiger partial charge is 0.354 e. The highest BCUT2D eigenvalue weighted by Crippen LogP contribution is 2.12. The predicted molar refractivity (Wildman–Crippen MR) is 57.5 cm³/mol. The SMILES string of the molecule is CN1CCCN(c2ccn(C)n2)CC1. The van der Waals surface area contributed by atoms with Crippen molar-refractivity contribution >= 4 is 5.82 Å². The first-order valence-electron chi connectivity index (χ1n) is 5.19. The topological polar surface area (TPSA) is 24.3 Å². The van der Waals surface area contributed by atoms with Gasteiger partial charge in [-0.15, -0.1) is 0 Å². The maximum Gasteiger partial charge on any atom is 0.150 e. The molecule has 4 heteroatoms. The van der Waals surface area contributed by atoms with Gasteiger partial charge in [0.2, 0.25) is 0 Å². The molecule has 0 N–H and O–H groups in total. The van der Waals surface area contributed by atoms with E-state index in [1.165, 1.54) is 13.0 Å². The van der Waals surface area contributed by atoms with Crippen LogP contribution in [0.25, 0.3) is 0 Å². The second kappa shape index (κ2) is 4.00. The van der Waals surface area contributed by atoms with Gasteiger partial charge < -0.3 is 9.80 Å². The zero-order chi connectivity index (χ0) is 9.97. The minimum atomic E-state index is 1.09. The number of anilines is 1. The third-order valence-corrected chi connectivity index (χ3v) is 2.74. The van der Waals surface area contributed by atoms with E-state index in [0.717, 1.165) is 25.5 Å². The van der Waals surface area contributed by atoms with Crippen molar-refractivity contribution in [1.29, 1.82) is 0 Å². The van der Waals surface area contributed by atoms with Crippen molar-refractivity contribution in [1.82, 2.24) is 14.7 Å². The summed E-state index contributed by atoms with van der Waals surface area (Å²) in [5, 5.41) is 4.43. The molecular weight excluding hydrogens is 176 g/mol. The van der Waals surface area contributed by atoms with Crippen LogP contribution < -0.4 is 4.90 Å². The minimum absolute atomic E-state index is 1.09. The van der Waals surface area contributed by atoms with Crippen LogP contribution >= 0.6 is 0 Å². The molecule has 0 radical (unpaired) electrons. The molecule has 1 aliphatic rings. The van der Waals surface area contributed by atoms with Gasteiger partial charge in [0.15, 0.2) is 5.82 Å². The summed E-state index contributed by atoms with van der Waals surface area (Å²) in [5.74, 6) is 1.11. The van der Waals surface area contributed by atoms with Crippen LogP contribution in [0.1, 0.15) is 6.42 Å². The lowest BCUT2D eigenvalue weighted by molar-refractivity contribution is 0.360. The summed E-state index contributed by atoms with van der Waals surface area (Å²) >= 11 is 0. The molecule has 0 bridgehead atoms. The molecule has 2 heterocycles. The lowest BCUT2D eigenvalue weighted by Gasteiger charge is -2.19. The van der Waals surface area contributed by atoms with E-state index in [1.54, 1.807) is 0 Å². The van der Waals surface area contributed by atoms with Crippen molar-refractivity contribution < 1.29 is 0 Å². The van der Waals surface area contributed by atoms with Gasteiger partial charge in [0.25, 0.3) is 0 Å². The summed E-state index contributed by atoms with van der Waals surface area (Å²) in [6, 6.07) is 2.09. The van der Waals surface area contributed by atoms with Gasteiger partial charge in [-0.1, -0.05) is 0 Å². The summed E-state index contributed by atoms with van der Waals surface area (Å²) in [6.45, 7) is 4.55. The molecule has 0 spiro atoms. The molecule has 0 aliphatic carbocycles. The van der Waals surface area contributed by atoms with Crippen molar-refractivity contribution in [3.63, 3.8) is 0 Å². The van der Waals surface area contributed by atoms with E-state index < -0.39 is 0 Å². The summed E-state index contributed by atoms with van der Waals surface area (Å²) in [7, 11) is 4.15. The highest BCUT2D eigenvalue weighted by atomic mass is 15.3. The Morgan fingerprint density at radius 1 is 1.14 bits per heavy atom. The average molecular weight is 194 g/mol. The highest BCUT2D eigenvalue weighted by molar-refractivity contribution is 5.36. The van der Waals surface area contributed by atoms with Crippen LogP contribution in [0, 0.1) is 0 Å². The third-order valence-electron chi connectivity index (χ3n) is 2.74. The van der Waals surface area contributed by atoms with Crippen molar-refractivity contribution in [3.8, 4) is 0 Å². The second-order valence-electron chi connectivity index (χ2n) is 3.99. The Labute approximate surface area is 85.1 Å². The van der Waals surface area contributed by atoms with Gasteiger partial charge in [0.05, 0.1) is 0 Å². The first kappa shape index (κ1) is 9.52. The van der Waals surface area contributed by atoms with E-state index in [4.69, 9.17) is 0 Å². The van der Waals surface area contributed by atoms with Gasteiger partial charge in [0.1, 0.15) is 0 Å². The Morgan fingerprint density at radius 3 is 2.71 bits per heavy atom. The summed E-state index contributed by atoms with van der Waals surface area (Å²) in [4.78, 5) is 4.74. The van der Waals surface area contributed by atoms with Crippen molar-refractivity contribution in [2.45, 2.75) is 6.42 Å². The zero-order valence-corrected chi connectivity index (χ0v) is 8.98. The Bertz CT molecular complexity index is 294. The maximum absolute atomic E-state index is 4.43. The first-order valence-corrected chi connectivity index (χ1v) is 5.19. The van der Waals surface area contributed by atoms with Gasteiger partial charge in [0, 0.05) is 38.9 Å². The summed E-state index contributed by atoms with van der Waals surface area (Å²) in [5.41, 5.74) is 0. The van der Waals surface area contributed by atoms with Gasteiger partial charge in [-0.05, 0) is 20.0 Å². The molecule has 1 aromatic rings. The Hall–Kier alpha value is -1.03. The van der Waals surface area contributed by atoms with Crippen LogP contribution in [0.3, 0.4) is 0 Å². The van der Waals surface area contributed by atoms with Crippen molar-refractivity contribution in [2.24, 2.45) is 7.05 Å². The van der Waals surface area contributed by atoms with Gasteiger partial charge in [-0.25, -0.2) is 0 Å². The average Bonchev–Trinajstić information content (AvgIpc) is 2.46. The Morgan fingerprint density at radius 2 is 2.00 bits per heavy atom. The normalized spacial score (nSPS) is 19.7. The third kappa shape index (κ3) is 2.07. The number of likely N-dealkylation sites (N-methyl/N-ethyl adjacent to an activating group) is 1. The molecule has 1 fully saturated rings. The number of hydrogen-bond acceptors (Lipinski definition) is 3. The smallest absolute Gasteiger partial charge is 0.150 e. The molecule has 78 valence electrons. The van der Waals surface area contributed by atoms with Crippen LogP contribution in [-0.4, -0.2) is 47.9 Å². The van der Waals surface area contributed by atoms with Crippen LogP contribution in [0.2, 0.25) is 0 Å². The number of hydrogen-bond donors (Lipinski definition) is 0. The van der Waals surface area contributed by atoms with Crippen LogP contribution in [-0.2, 0) is 7.05 Å². The zero-order valence-electron chi connectivity index (χ0n) is 8.98. The van der Waals surface area contributed by atoms with Crippen molar-refractivity contribution in [2.75, 3.05) is 38.1 Å². The Balaban J connectivity index is 2.04. The second-order valence-corrected chi connectivity index (χ2v) is 3.99. The van der Waals surface area contributed by atoms with Gasteiger partial charge >= 0.3 is 0 Å². The van der Waals surface area contributed by atoms with Crippen LogP contribution in [0.15, 0.2) is 12.3 Å². The lowest BCUT2D eigenvalue weighted by atomic mass is 10.4. The fourth-order valence-electron chi connectivity index (χ4n) is 1.85. The summed E-state index contributed by atoms with van der Waals surface area (Å²) in [6.07, 6.45) is 3.23. The number of aromatic nitrogens is 2. The fourth-order valence-corrected chi connectivity index (χ4v) is 1.85. The minimum Gasteiger partial charge on any atom is -0.354 e. The monoisotopic (exact) mass is 194 g/mol. The number of aryl methyl sites for hydroxylation is 1. The quantitative estimate of drug-likeness (QED) is 0.653. The van der Waals surface area contributed by atoms with Gasteiger partial charge in [-0.3, -0.25) is 4.68 Å². The van der Waals surface area contributed by atoms with E-state index in [2.05, 4.69) is 28.0 Å². The molecule has 14 heavy (non-hydrogen) atoms. The number of nitrogens with zero attached hydrogens (tertiary/aromatic N) is 4. The summed E-state index contributed by atoms with van der Waals surface area (Å²) < 4.78 is 1.87. The van der Waals surface area contributed by atoms with E-state index >= 15 is 0 Å². The van der Waals surface area contributed by atoms with Crippen LogP contribution in [0.4, 0.5) is 5.82 Å². The molecule has 0 unspecified atom stereocenters. The molecule has 0 amide bonds. The molecule has 1 saturated heterocycles. The molecule has 4 nitrogen and oxygen atoms in total. The first-order chi connectivity index (χ1) is 6.75. The molecule has 1 aromatic heterocycles. The van der Waals surface area contributed by atoms with Crippen LogP contribution in [0.5, 0.6) is 0 Å². The van der Waals surface area contributed by atoms with E-state index in [9.17, 15) is 0 Å². The molecule has 0 saturated carbocycles. The van der Waals surface area contributed by atoms with Crippen molar-refractivity contribution in [3.05, 3.63) is 12.3 Å². The fraction of sp³-hybridized carbons (Fsp3) is 0.700. The van der Waals surface area contributed by atoms with Gasteiger partial charge in [-0.2, -0.15) is 5.10 Å². The van der Waals surface area contributed by atoms with E-state index in [0.29, 0.717) is 0 Å².